The predicted octanol–water partition coefficient (Wildman–Crippen LogP) is 1.87. The molecule has 0 amide bonds. The third-order valence-corrected chi connectivity index (χ3v) is 5.05. The Morgan fingerprint density at radius 3 is 2.36 bits per heavy atom. The summed E-state index contributed by atoms with van der Waals surface area (Å²) in [5.74, 6) is 0.935. The number of morpholine rings is 1. The molecule has 4 rings (SSSR count). The van der Waals surface area contributed by atoms with Crippen molar-refractivity contribution in [3.05, 3.63) is 41.1 Å². The summed E-state index contributed by atoms with van der Waals surface area (Å²) in [6, 6.07) is 8.16. The van der Waals surface area contributed by atoms with Crippen molar-refractivity contribution in [1.82, 2.24) is 9.61 Å². The summed E-state index contributed by atoms with van der Waals surface area (Å²) >= 11 is 0. The molecule has 25 heavy (non-hydrogen) atoms. The van der Waals surface area contributed by atoms with Crippen molar-refractivity contribution in [2.45, 2.75) is 26.6 Å². The number of aliphatic hydroxyl groups excluding tert-OH is 2. The van der Waals surface area contributed by atoms with Crippen molar-refractivity contribution in [3.8, 4) is 0 Å². The smallest absolute Gasteiger partial charge is 0.157 e. The number of rotatable bonds is 4. The summed E-state index contributed by atoms with van der Waals surface area (Å²) < 4.78 is 7.40. The Balaban J connectivity index is 2.09. The summed E-state index contributed by atoms with van der Waals surface area (Å²) in [7, 11) is 0. The molecule has 6 nitrogen and oxygen atoms in total. The first-order valence-electron chi connectivity index (χ1n) is 8.78. The van der Waals surface area contributed by atoms with E-state index in [1.165, 1.54) is 0 Å². The van der Waals surface area contributed by atoms with Gasteiger partial charge in [-0.05, 0) is 6.42 Å². The largest absolute Gasteiger partial charge is 0.392 e. The summed E-state index contributed by atoms with van der Waals surface area (Å²) in [5.41, 5.74) is 3.43. The molecule has 1 aromatic carbocycles. The SMILES string of the molecule is CCc1c(CO)c(CO)c2c3ccccc3c(N3CCOCC3)nn12. The topological polar surface area (TPSA) is 70.2 Å². The van der Waals surface area contributed by atoms with Gasteiger partial charge in [-0.2, -0.15) is 0 Å². The second kappa shape index (κ2) is 6.63. The number of anilines is 1. The lowest BCUT2D eigenvalue weighted by Crippen LogP contribution is -2.37. The molecule has 0 unspecified atom stereocenters. The van der Waals surface area contributed by atoms with E-state index in [4.69, 9.17) is 9.84 Å². The number of aromatic nitrogens is 2. The van der Waals surface area contributed by atoms with Crippen LogP contribution in [0.25, 0.3) is 16.3 Å². The number of benzene rings is 1. The second-order valence-corrected chi connectivity index (χ2v) is 6.30. The first kappa shape index (κ1) is 16.3. The Kier molecular flexibility index (Phi) is 4.33. The van der Waals surface area contributed by atoms with Gasteiger partial charge < -0.3 is 19.8 Å². The third kappa shape index (κ3) is 2.49. The number of ether oxygens (including phenoxy) is 1. The molecule has 0 saturated carbocycles. The van der Waals surface area contributed by atoms with E-state index in [0.29, 0.717) is 13.2 Å². The van der Waals surface area contributed by atoms with Gasteiger partial charge in [0.2, 0.25) is 0 Å². The zero-order valence-electron chi connectivity index (χ0n) is 14.4. The first-order chi connectivity index (χ1) is 12.3. The van der Waals surface area contributed by atoms with Gasteiger partial charge in [-0.1, -0.05) is 31.2 Å². The molecule has 1 aliphatic heterocycles. The van der Waals surface area contributed by atoms with Crippen LogP contribution in [0.15, 0.2) is 24.3 Å². The molecule has 6 heteroatoms. The zero-order chi connectivity index (χ0) is 17.4. The summed E-state index contributed by atoms with van der Waals surface area (Å²) in [6.45, 7) is 4.86. The van der Waals surface area contributed by atoms with Gasteiger partial charge in [-0.3, -0.25) is 0 Å². The Labute approximate surface area is 146 Å². The lowest BCUT2D eigenvalue weighted by atomic mass is 10.1. The van der Waals surface area contributed by atoms with Crippen LogP contribution in [0.2, 0.25) is 0 Å². The minimum Gasteiger partial charge on any atom is -0.392 e. The molecule has 0 spiro atoms. The highest BCUT2D eigenvalue weighted by Crippen LogP contribution is 2.34. The van der Waals surface area contributed by atoms with Gasteiger partial charge in [0, 0.05) is 40.7 Å². The molecule has 1 saturated heterocycles. The maximum absolute atomic E-state index is 9.95. The fourth-order valence-electron chi connectivity index (χ4n) is 3.86. The highest BCUT2D eigenvalue weighted by atomic mass is 16.5. The molecule has 1 fully saturated rings. The van der Waals surface area contributed by atoms with Gasteiger partial charge >= 0.3 is 0 Å². The van der Waals surface area contributed by atoms with Gasteiger partial charge in [-0.25, -0.2) is 4.52 Å². The normalized spacial score (nSPS) is 15.4. The maximum atomic E-state index is 9.95. The van der Waals surface area contributed by atoms with Crippen molar-refractivity contribution in [3.63, 3.8) is 0 Å². The van der Waals surface area contributed by atoms with Gasteiger partial charge in [0.1, 0.15) is 0 Å². The monoisotopic (exact) mass is 341 g/mol. The zero-order valence-corrected chi connectivity index (χ0v) is 14.4. The Morgan fingerprint density at radius 2 is 1.72 bits per heavy atom. The molecule has 2 aromatic heterocycles. The van der Waals surface area contributed by atoms with Crippen LogP contribution >= 0.6 is 0 Å². The molecule has 0 aliphatic carbocycles. The number of aryl methyl sites for hydroxylation is 1. The maximum Gasteiger partial charge on any atom is 0.157 e. The minimum absolute atomic E-state index is 0.0936. The summed E-state index contributed by atoms with van der Waals surface area (Å²) in [6.07, 6.45) is 0.741. The number of aliphatic hydroxyl groups is 2. The Bertz CT molecular complexity index is 913. The van der Waals surface area contributed by atoms with Crippen LogP contribution in [0.4, 0.5) is 5.82 Å². The van der Waals surface area contributed by atoms with Crippen molar-refractivity contribution in [2.75, 3.05) is 31.2 Å². The Morgan fingerprint density at radius 1 is 1.04 bits per heavy atom. The van der Waals surface area contributed by atoms with E-state index >= 15 is 0 Å². The summed E-state index contributed by atoms with van der Waals surface area (Å²) in [4.78, 5) is 2.25. The van der Waals surface area contributed by atoms with Crippen LogP contribution in [-0.4, -0.2) is 46.1 Å². The van der Waals surface area contributed by atoms with Crippen molar-refractivity contribution >= 4 is 22.1 Å². The van der Waals surface area contributed by atoms with Crippen LogP contribution in [-0.2, 0) is 24.4 Å². The molecule has 0 radical (unpaired) electrons. The standard InChI is InChI=1S/C19H23N3O3/c1-2-17-15(11-23)16(12-24)18-13-5-3-4-6-14(13)19(20-22(17)18)21-7-9-25-10-8-21/h3-6,23-24H,2,7-12H2,1H3. The number of nitrogens with zero attached hydrogens (tertiary/aromatic N) is 3. The predicted molar refractivity (Wildman–Crippen MR) is 97.0 cm³/mol. The van der Waals surface area contributed by atoms with Gasteiger partial charge in [-0.15, -0.1) is 5.10 Å². The van der Waals surface area contributed by atoms with E-state index in [1.807, 2.05) is 23.6 Å². The molecule has 0 bridgehead atoms. The number of hydrogen-bond acceptors (Lipinski definition) is 5. The van der Waals surface area contributed by atoms with Crippen LogP contribution in [0.1, 0.15) is 23.7 Å². The van der Waals surface area contributed by atoms with E-state index in [9.17, 15) is 10.2 Å². The molecule has 0 atom stereocenters. The van der Waals surface area contributed by atoms with Gasteiger partial charge in [0.05, 0.1) is 31.9 Å². The first-order valence-corrected chi connectivity index (χ1v) is 8.78. The number of fused-ring (bicyclic) bond motifs is 3. The van der Waals surface area contributed by atoms with E-state index in [1.54, 1.807) is 0 Å². The Hall–Kier alpha value is -2.15. The van der Waals surface area contributed by atoms with Gasteiger partial charge in [0.25, 0.3) is 0 Å². The average Bonchev–Trinajstić information content (AvgIpc) is 3.00. The summed E-state index contributed by atoms with van der Waals surface area (Å²) in [5, 5.41) is 26.9. The van der Waals surface area contributed by atoms with E-state index in [-0.39, 0.29) is 13.2 Å². The van der Waals surface area contributed by atoms with E-state index in [0.717, 1.165) is 58.4 Å². The van der Waals surface area contributed by atoms with E-state index in [2.05, 4.69) is 17.0 Å². The molecular formula is C19H23N3O3. The van der Waals surface area contributed by atoms with Crippen molar-refractivity contribution < 1.29 is 14.9 Å². The fourth-order valence-corrected chi connectivity index (χ4v) is 3.86. The lowest BCUT2D eigenvalue weighted by Gasteiger charge is -2.29. The molecule has 3 aromatic rings. The quantitative estimate of drug-likeness (QED) is 0.758. The van der Waals surface area contributed by atoms with Crippen molar-refractivity contribution in [2.24, 2.45) is 0 Å². The van der Waals surface area contributed by atoms with E-state index < -0.39 is 0 Å². The molecule has 1 aliphatic rings. The van der Waals surface area contributed by atoms with Crippen LogP contribution < -0.4 is 4.90 Å². The highest BCUT2D eigenvalue weighted by Gasteiger charge is 2.23. The average molecular weight is 341 g/mol. The van der Waals surface area contributed by atoms with Crippen LogP contribution in [0.5, 0.6) is 0 Å². The fraction of sp³-hybridized carbons (Fsp3) is 0.421. The number of hydrogen-bond donors (Lipinski definition) is 2. The van der Waals surface area contributed by atoms with Crippen LogP contribution in [0, 0.1) is 0 Å². The molecule has 132 valence electrons. The lowest BCUT2D eigenvalue weighted by molar-refractivity contribution is 0.122. The van der Waals surface area contributed by atoms with Crippen molar-refractivity contribution in [1.29, 1.82) is 0 Å². The molecule has 3 heterocycles. The van der Waals surface area contributed by atoms with Crippen LogP contribution in [0.3, 0.4) is 0 Å². The highest BCUT2D eigenvalue weighted by molar-refractivity contribution is 6.03. The molecule has 2 N–H and O–H groups in total. The third-order valence-electron chi connectivity index (χ3n) is 5.05. The molecular weight excluding hydrogens is 318 g/mol. The van der Waals surface area contributed by atoms with Gasteiger partial charge in [0.15, 0.2) is 5.82 Å². The minimum atomic E-state index is -0.109. The second-order valence-electron chi connectivity index (χ2n) is 6.30.